The Bertz CT molecular complexity index is 1520. The molecule has 232 valence electrons. The molecule has 0 aliphatic carbocycles. The molecule has 0 aromatic heterocycles. The van der Waals surface area contributed by atoms with Crippen LogP contribution in [0.25, 0.3) is 0 Å². The van der Waals surface area contributed by atoms with Gasteiger partial charge in [0.15, 0.2) is 0 Å². The van der Waals surface area contributed by atoms with E-state index in [0.717, 1.165) is 35.2 Å². The van der Waals surface area contributed by atoms with Gasteiger partial charge in [0.2, 0.25) is 0 Å². The van der Waals surface area contributed by atoms with E-state index in [0.29, 0.717) is 23.1 Å². The van der Waals surface area contributed by atoms with Crippen LogP contribution in [-0.2, 0) is 24.2 Å². The highest BCUT2D eigenvalue weighted by atomic mass is 19.4. The zero-order chi connectivity index (χ0) is 31.9. The quantitative estimate of drug-likeness (QED) is 0.165. The molecule has 0 fully saturated rings. The van der Waals surface area contributed by atoms with Gasteiger partial charge in [-0.05, 0) is 64.9 Å². The smallest absolute Gasteiger partial charge is 0.390 e. The molecule has 0 aliphatic heterocycles. The maximum Gasteiger partial charge on any atom is 0.471 e. The van der Waals surface area contributed by atoms with Crippen molar-refractivity contribution in [2.45, 2.75) is 57.5 Å². The summed E-state index contributed by atoms with van der Waals surface area (Å²) in [5.41, 5.74) is 3.47. The van der Waals surface area contributed by atoms with E-state index in [1.54, 1.807) is 12.1 Å². The molecule has 4 aromatic rings. The molecule has 4 aromatic carbocycles. The standard InChI is InChI=1S/C35H35F5N2O2/c1-3-24-9-7-10-25(15-24)21-41-22-33(43)32(18-26-16-29(36)20-30(37)17-26)42(34(44)35(38,39)40)31-14-8-13-28(19-31)23(2)27-11-5-4-6-12-27/h4-17,19-20,23,32-33,41,43H,3,18,21-22H2,1-2H3/t23?,32-,33-/m0/s1. The van der Waals surface area contributed by atoms with Crippen molar-refractivity contribution in [3.63, 3.8) is 0 Å². The van der Waals surface area contributed by atoms with E-state index in [1.807, 2.05) is 68.4 Å². The van der Waals surface area contributed by atoms with Gasteiger partial charge in [-0.15, -0.1) is 0 Å². The predicted octanol–water partition coefficient (Wildman–Crippen LogP) is 7.34. The summed E-state index contributed by atoms with van der Waals surface area (Å²) in [6.07, 6.45) is -6.46. The molecule has 0 aliphatic rings. The molecular formula is C35H35F5N2O2. The van der Waals surface area contributed by atoms with E-state index in [-0.39, 0.29) is 23.7 Å². The average molecular weight is 611 g/mol. The number of aliphatic hydroxyl groups is 1. The summed E-state index contributed by atoms with van der Waals surface area (Å²) in [5, 5.41) is 14.4. The van der Waals surface area contributed by atoms with Gasteiger partial charge in [-0.3, -0.25) is 9.69 Å². The van der Waals surface area contributed by atoms with Crippen LogP contribution in [0.1, 0.15) is 47.6 Å². The van der Waals surface area contributed by atoms with Crippen LogP contribution < -0.4 is 10.2 Å². The zero-order valence-corrected chi connectivity index (χ0v) is 24.5. The van der Waals surface area contributed by atoms with Gasteiger partial charge < -0.3 is 10.4 Å². The molecule has 0 spiro atoms. The number of nitrogens with one attached hydrogen (secondary N) is 1. The number of nitrogens with zero attached hydrogens (tertiary/aromatic N) is 1. The molecule has 1 unspecified atom stereocenters. The van der Waals surface area contributed by atoms with Crippen LogP contribution in [0.15, 0.2) is 97.1 Å². The third kappa shape index (κ3) is 8.51. The number of benzene rings is 4. The molecule has 3 atom stereocenters. The largest absolute Gasteiger partial charge is 0.471 e. The minimum atomic E-state index is -5.29. The summed E-state index contributed by atoms with van der Waals surface area (Å²) < 4.78 is 70.7. The molecule has 44 heavy (non-hydrogen) atoms. The average Bonchev–Trinajstić information content (AvgIpc) is 3.00. The van der Waals surface area contributed by atoms with E-state index in [2.05, 4.69) is 5.32 Å². The van der Waals surface area contributed by atoms with Crippen LogP contribution in [0.2, 0.25) is 0 Å². The van der Waals surface area contributed by atoms with Gasteiger partial charge in [0, 0.05) is 30.8 Å². The number of halogens is 5. The maximum absolute atomic E-state index is 14.1. The number of hydrogen-bond donors (Lipinski definition) is 2. The second kappa shape index (κ2) is 14.6. The number of rotatable bonds is 12. The lowest BCUT2D eigenvalue weighted by molar-refractivity contribution is -0.171. The third-order valence-electron chi connectivity index (χ3n) is 7.63. The van der Waals surface area contributed by atoms with Crippen molar-refractivity contribution >= 4 is 11.6 Å². The van der Waals surface area contributed by atoms with Crippen LogP contribution in [-0.4, -0.2) is 35.9 Å². The summed E-state index contributed by atoms with van der Waals surface area (Å²) in [7, 11) is 0. The van der Waals surface area contributed by atoms with Gasteiger partial charge >= 0.3 is 12.1 Å². The summed E-state index contributed by atoms with van der Waals surface area (Å²) in [6, 6.07) is 24.3. The fourth-order valence-corrected chi connectivity index (χ4v) is 5.30. The predicted molar refractivity (Wildman–Crippen MR) is 161 cm³/mol. The summed E-state index contributed by atoms with van der Waals surface area (Å²) in [6.45, 7) is 4.02. The Kier molecular flexibility index (Phi) is 10.9. The van der Waals surface area contributed by atoms with Crippen molar-refractivity contribution in [1.82, 2.24) is 5.32 Å². The Morgan fingerprint density at radius 2 is 1.45 bits per heavy atom. The van der Waals surface area contributed by atoms with Crippen molar-refractivity contribution in [1.29, 1.82) is 0 Å². The van der Waals surface area contributed by atoms with E-state index < -0.39 is 42.3 Å². The summed E-state index contributed by atoms with van der Waals surface area (Å²) in [5.74, 6) is -4.26. The first-order valence-corrected chi connectivity index (χ1v) is 14.4. The van der Waals surface area contributed by atoms with E-state index in [1.165, 1.54) is 12.1 Å². The van der Waals surface area contributed by atoms with Crippen molar-refractivity contribution in [3.8, 4) is 0 Å². The second-order valence-corrected chi connectivity index (χ2v) is 10.8. The second-order valence-electron chi connectivity index (χ2n) is 10.8. The van der Waals surface area contributed by atoms with Crippen LogP contribution >= 0.6 is 0 Å². The number of aliphatic hydroxyl groups excluding tert-OH is 1. The number of carbonyl (C=O) groups excluding carboxylic acids is 1. The monoisotopic (exact) mass is 610 g/mol. The molecule has 0 saturated carbocycles. The molecule has 0 radical (unpaired) electrons. The van der Waals surface area contributed by atoms with Crippen LogP contribution in [0.4, 0.5) is 27.6 Å². The highest BCUT2D eigenvalue weighted by molar-refractivity contribution is 5.98. The van der Waals surface area contributed by atoms with Gasteiger partial charge in [0.25, 0.3) is 0 Å². The Hall–Kier alpha value is -4.08. The van der Waals surface area contributed by atoms with Crippen LogP contribution in [0, 0.1) is 11.6 Å². The van der Waals surface area contributed by atoms with Gasteiger partial charge in [-0.2, -0.15) is 13.2 Å². The maximum atomic E-state index is 14.1. The SMILES string of the molecule is CCc1cccc(CNC[C@H](O)[C@H](Cc2cc(F)cc(F)c2)N(C(=O)C(F)(F)F)c2cccc(C(C)c3ccccc3)c2)c1. The minimum absolute atomic E-state index is 0.00372. The lowest BCUT2D eigenvalue weighted by Crippen LogP contribution is -2.55. The minimum Gasteiger partial charge on any atom is -0.390 e. The van der Waals surface area contributed by atoms with Gasteiger partial charge in [-0.1, -0.05) is 80.6 Å². The van der Waals surface area contributed by atoms with Gasteiger partial charge in [-0.25, -0.2) is 8.78 Å². The first-order valence-electron chi connectivity index (χ1n) is 14.4. The molecule has 1 amide bonds. The Morgan fingerprint density at radius 1 is 0.818 bits per heavy atom. The van der Waals surface area contributed by atoms with Gasteiger partial charge in [0.1, 0.15) is 11.6 Å². The molecule has 2 N–H and O–H groups in total. The number of aryl methyl sites for hydroxylation is 1. The van der Waals surface area contributed by atoms with E-state index in [4.69, 9.17) is 0 Å². The highest BCUT2D eigenvalue weighted by Gasteiger charge is 2.46. The fraction of sp³-hybridized carbons (Fsp3) is 0.286. The highest BCUT2D eigenvalue weighted by Crippen LogP contribution is 2.32. The normalized spacial score (nSPS) is 13.7. The summed E-state index contributed by atoms with van der Waals surface area (Å²) in [4.78, 5) is 13.6. The first-order chi connectivity index (χ1) is 21.0. The van der Waals surface area contributed by atoms with Crippen molar-refractivity contribution < 1.29 is 31.9 Å². The number of anilines is 1. The Balaban J connectivity index is 1.72. The Labute approximate surface area is 254 Å². The lowest BCUT2D eigenvalue weighted by Gasteiger charge is -2.36. The lowest BCUT2D eigenvalue weighted by atomic mass is 9.92. The number of hydrogen-bond acceptors (Lipinski definition) is 3. The molecular weight excluding hydrogens is 575 g/mol. The first kappa shape index (κ1) is 32.8. The van der Waals surface area contributed by atoms with E-state index >= 15 is 0 Å². The molecule has 0 heterocycles. The van der Waals surface area contributed by atoms with Crippen molar-refractivity contribution in [2.24, 2.45) is 0 Å². The number of carbonyl (C=O) groups is 1. The molecule has 9 heteroatoms. The number of amides is 1. The topological polar surface area (TPSA) is 52.6 Å². The molecule has 0 bridgehead atoms. The third-order valence-corrected chi connectivity index (χ3v) is 7.63. The van der Waals surface area contributed by atoms with E-state index in [9.17, 15) is 31.9 Å². The fourth-order valence-electron chi connectivity index (χ4n) is 5.30. The molecule has 0 saturated heterocycles. The van der Waals surface area contributed by atoms with Crippen molar-refractivity contribution in [3.05, 3.63) is 137 Å². The van der Waals surface area contributed by atoms with Gasteiger partial charge in [0.05, 0.1) is 12.1 Å². The zero-order valence-electron chi connectivity index (χ0n) is 24.5. The molecule has 4 rings (SSSR count). The Morgan fingerprint density at radius 3 is 2.11 bits per heavy atom. The number of alkyl halides is 3. The summed E-state index contributed by atoms with van der Waals surface area (Å²) >= 11 is 0. The van der Waals surface area contributed by atoms with Crippen LogP contribution in [0.3, 0.4) is 0 Å². The van der Waals surface area contributed by atoms with Crippen molar-refractivity contribution in [2.75, 3.05) is 11.4 Å². The van der Waals surface area contributed by atoms with Crippen LogP contribution in [0.5, 0.6) is 0 Å². The molecule has 4 nitrogen and oxygen atoms in total.